The zero-order valence-electron chi connectivity index (χ0n) is 13.4. The summed E-state index contributed by atoms with van der Waals surface area (Å²) in [6.07, 6.45) is 6.61. The first-order chi connectivity index (χ1) is 10.7. The van der Waals surface area contributed by atoms with Crippen molar-refractivity contribution in [2.45, 2.75) is 26.4 Å². The van der Waals surface area contributed by atoms with E-state index < -0.39 is 0 Å². The van der Waals surface area contributed by atoms with E-state index in [-0.39, 0.29) is 12.4 Å². The summed E-state index contributed by atoms with van der Waals surface area (Å²) in [5.41, 5.74) is 1.01. The molecule has 0 atom stereocenters. The summed E-state index contributed by atoms with van der Waals surface area (Å²) in [7, 11) is 1.62. The summed E-state index contributed by atoms with van der Waals surface area (Å²) in [5.74, 6) is 1.43. The number of nitrogens with one attached hydrogen (secondary N) is 1. The van der Waals surface area contributed by atoms with E-state index >= 15 is 0 Å². The molecule has 0 aliphatic rings. The van der Waals surface area contributed by atoms with Gasteiger partial charge in [0.1, 0.15) is 0 Å². The molecule has 7 heteroatoms. The number of aromatic nitrogens is 2. The summed E-state index contributed by atoms with van der Waals surface area (Å²) >= 11 is 6.13. The summed E-state index contributed by atoms with van der Waals surface area (Å²) in [6, 6.07) is 3.69. The van der Waals surface area contributed by atoms with Crippen LogP contribution in [0.3, 0.4) is 0 Å². The lowest BCUT2D eigenvalue weighted by molar-refractivity contribution is 0.306. The van der Waals surface area contributed by atoms with Gasteiger partial charge in [0.25, 0.3) is 0 Å². The van der Waals surface area contributed by atoms with Crippen LogP contribution < -0.4 is 14.8 Å². The summed E-state index contributed by atoms with van der Waals surface area (Å²) < 4.78 is 13.1. The molecule has 1 aromatic heterocycles. The average Bonchev–Trinajstić information content (AvgIpc) is 3.02. The Morgan fingerprint density at radius 2 is 2.17 bits per heavy atom. The van der Waals surface area contributed by atoms with Crippen molar-refractivity contribution in [3.8, 4) is 11.5 Å². The fraction of sp³-hybridized carbons (Fsp3) is 0.438. The van der Waals surface area contributed by atoms with Gasteiger partial charge in [0.15, 0.2) is 11.5 Å². The number of nitrogens with zero attached hydrogens (tertiary/aromatic N) is 2. The summed E-state index contributed by atoms with van der Waals surface area (Å²) in [4.78, 5) is 4.03. The predicted molar refractivity (Wildman–Crippen MR) is 95.0 cm³/mol. The molecule has 0 aliphatic carbocycles. The molecule has 0 aliphatic heterocycles. The molecular formula is C16H23Cl2N3O2. The minimum Gasteiger partial charge on any atom is -0.493 e. The largest absolute Gasteiger partial charge is 0.493 e. The minimum absolute atomic E-state index is 0. The lowest BCUT2D eigenvalue weighted by Gasteiger charge is -2.15. The minimum atomic E-state index is 0. The van der Waals surface area contributed by atoms with Crippen molar-refractivity contribution >= 4 is 24.0 Å². The fourth-order valence-corrected chi connectivity index (χ4v) is 2.47. The number of hydrogen-bond acceptors (Lipinski definition) is 4. The van der Waals surface area contributed by atoms with Gasteiger partial charge < -0.3 is 19.4 Å². The average molecular weight is 360 g/mol. The number of aryl methyl sites for hydroxylation is 1. The normalized spacial score (nSPS) is 10.2. The second-order valence-corrected chi connectivity index (χ2v) is 5.30. The van der Waals surface area contributed by atoms with Crippen LogP contribution in [0.15, 0.2) is 30.9 Å². The van der Waals surface area contributed by atoms with Crippen LogP contribution in [-0.2, 0) is 13.1 Å². The molecule has 0 spiro atoms. The van der Waals surface area contributed by atoms with Crippen molar-refractivity contribution in [1.29, 1.82) is 0 Å². The maximum absolute atomic E-state index is 6.13. The Bertz CT molecular complexity index is 577. The highest BCUT2D eigenvalue weighted by atomic mass is 35.5. The van der Waals surface area contributed by atoms with Gasteiger partial charge in [-0.2, -0.15) is 0 Å². The highest BCUT2D eigenvalue weighted by Gasteiger charge is 2.12. The predicted octanol–water partition coefficient (Wildman–Crippen LogP) is 3.55. The van der Waals surface area contributed by atoms with Gasteiger partial charge in [0, 0.05) is 42.1 Å². The molecular weight excluding hydrogens is 337 g/mol. The molecule has 0 saturated heterocycles. The molecule has 128 valence electrons. The first kappa shape index (κ1) is 19.6. The van der Waals surface area contributed by atoms with Gasteiger partial charge in [0.2, 0.25) is 0 Å². The number of rotatable bonds is 9. The highest BCUT2D eigenvalue weighted by molar-refractivity contribution is 6.30. The van der Waals surface area contributed by atoms with Crippen LogP contribution in [-0.4, -0.2) is 29.8 Å². The molecule has 1 aromatic carbocycles. The van der Waals surface area contributed by atoms with Crippen LogP contribution in [0, 0.1) is 0 Å². The topological polar surface area (TPSA) is 48.3 Å². The van der Waals surface area contributed by atoms with Crippen LogP contribution in [0.2, 0.25) is 5.02 Å². The summed E-state index contributed by atoms with van der Waals surface area (Å²) in [6.45, 7) is 5.08. The van der Waals surface area contributed by atoms with Crippen molar-refractivity contribution in [1.82, 2.24) is 14.9 Å². The maximum Gasteiger partial charge on any atom is 0.165 e. The quantitative estimate of drug-likeness (QED) is 0.695. The molecule has 1 N–H and O–H groups in total. The third-order valence-corrected chi connectivity index (χ3v) is 3.47. The van der Waals surface area contributed by atoms with Crippen LogP contribution in [0.5, 0.6) is 11.5 Å². The molecule has 2 rings (SSSR count). The number of benzene rings is 1. The number of halogens is 2. The monoisotopic (exact) mass is 359 g/mol. The van der Waals surface area contributed by atoms with E-state index in [1.54, 1.807) is 19.4 Å². The van der Waals surface area contributed by atoms with E-state index in [1.165, 1.54) is 0 Å². The lowest BCUT2D eigenvalue weighted by Crippen LogP contribution is -2.17. The van der Waals surface area contributed by atoms with Gasteiger partial charge in [-0.15, -0.1) is 12.4 Å². The second-order valence-electron chi connectivity index (χ2n) is 4.86. The Labute approximate surface area is 148 Å². The van der Waals surface area contributed by atoms with Crippen LogP contribution in [0.4, 0.5) is 0 Å². The highest BCUT2D eigenvalue weighted by Crippen LogP contribution is 2.34. The SMILES string of the molecule is CCOc1c(CNCCCn2ccnc2)cc(Cl)cc1OC.Cl. The van der Waals surface area contributed by atoms with E-state index in [9.17, 15) is 0 Å². The van der Waals surface area contributed by atoms with Gasteiger partial charge in [-0.25, -0.2) is 4.98 Å². The van der Waals surface area contributed by atoms with Gasteiger partial charge in [-0.05, 0) is 26.0 Å². The number of imidazole rings is 1. The van der Waals surface area contributed by atoms with E-state index in [0.29, 0.717) is 23.9 Å². The molecule has 2 aromatic rings. The van der Waals surface area contributed by atoms with Crippen LogP contribution >= 0.6 is 24.0 Å². The Morgan fingerprint density at radius 1 is 1.35 bits per heavy atom. The molecule has 0 radical (unpaired) electrons. The molecule has 0 fully saturated rings. The van der Waals surface area contributed by atoms with Gasteiger partial charge in [-0.3, -0.25) is 0 Å². The van der Waals surface area contributed by atoms with Crippen molar-refractivity contribution in [3.05, 3.63) is 41.4 Å². The zero-order chi connectivity index (χ0) is 15.8. The second kappa shape index (κ2) is 10.4. The number of methoxy groups -OCH3 is 1. The Morgan fingerprint density at radius 3 is 2.83 bits per heavy atom. The first-order valence-corrected chi connectivity index (χ1v) is 7.78. The molecule has 0 bridgehead atoms. The van der Waals surface area contributed by atoms with E-state index in [0.717, 1.165) is 30.8 Å². The molecule has 23 heavy (non-hydrogen) atoms. The Hall–Kier alpha value is -1.43. The molecule has 0 saturated carbocycles. The standard InChI is InChI=1S/C16H22ClN3O2.ClH/c1-3-22-16-13(9-14(17)10-15(16)21-2)11-18-5-4-7-20-8-6-19-12-20;/h6,8-10,12,18H,3-5,7,11H2,1-2H3;1H. The molecule has 0 amide bonds. The van der Waals surface area contributed by atoms with E-state index in [2.05, 4.69) is 14.9 Å². The van der Waals surface area contributed by atoms with E-state index in [4.69, 9.17) is 21.1 Å². The molecule has 0 unspecified atom stereocenters. The molecule has 5 nitrogen and oxygen atoms in total. The molecule has 1 heterocycles. The third kappa shape index (κ3) is 5.94. The third-order valence-electron chi connectivity index (χ3n) is 3.25. The lowest BCUT2D eigenvalue weighted by atomic mass is 10.1. The van der Waals surface area contributed by atoms with Crippen LogP contribution in [0.25, 0.3) is 0 Å². The van der Waals surface area contributed by atoms with E-state index in [1.807, 2.05) is 25.5 Å². The van der Waals surface area contributed by atoms with Gasteiger partial charge in [0.05, 0.1) is 20.0 Å². The fourth-order valence-electron chi connectivity index (χ4n) is 2.24. The van der Waals surface area contributed by atoms with Crippen molar-refractivity contribution in [3.63, 3.8) is 0 Å². The van der Waals surface area contributed by atoms with Crippen molar-refractivity contribution < 1.29 is 9.47 Å². The Balaban J connectivity index is 0.00000264. The van der Waals surface area contributed by atoms with Crippen molar-refractivity contribution in [2.75, 3.05) is 20.3 Å². The Kier molecular flexibility index (Phi) is 8.84. The number of ether oxygens (including phenoxy) is 2. The zero-order valence-corrected chi connectivity index (χ0v) is 15.0. The number of hydrogen-bond donors (Lipinski definition) is 1. The summed E-state index contributed by atoms with van der Waals surface area (Å²) in [5, 5.41) is 4.06. The van der Waals surface area contributed by atoms with Gasteiger partial charge >= 0.3 is 0 Å². The van der Waals surface area contributed by atoms with Crippen LogP contribution in [0.1, 0.15) is 18.9 Å². The van der Waals surface area contributed by atoms with Gasteiger partial charge in [-0.1, -0.05) is 11.6 Å². The van der Waals surface area contributed by atoms with Crippen molar-refractivity contribution in [2.24, 2.45) is 0 Å². The smallest absolute Gasteiger partial charge is 0.165 e. The first-order valence-electron chi connectivity index (χ1n) is 7.40. The maximum atomic E-state index is 6.13.